The van der Waals surface area contributed by atoms with Crippen molar-refractivity contribution < 1.29 is 57.1 Å². The van der Waals surface area contributed by atoms with E-state index in [2.05, 4.69) is 76.8 Å². The second-order valence-corrected chi connectivity index (χ2v) is 14.2. The van der Waals surface area contributed by atoms with E-state index in [1.54, 1.807) is 48.5 Å². The van der Waals surface area contributed by atoms with Crippen LogP contribution in [-0.2, 0) is 38.1 Å². The van der Waals surface area contributed by atoms with Crippen molar-refractivity contribution in [3.63, 3.8) is 0 Å². The molecule has 4 aromatic carbocycles. The maximum atomic E-state index is 11.0. The predicted octanol–water partition coefficient (Wildman–Crippen LogP) is 9.34. The van der Waals surface area contributed by atoms with Gasteiger partial charge in [-0.25, -0.2) is 19.2 Å². The van der Waals surface area contributed by atoms with Crippen molar-refractivity contribution in [2.24, 2.45) is 0 Å². The molecule has 0 aromatic heterocycles. The van der Waals surface area contributed by atoms with Crippen LogP contribution in [0.1, 0.15) is 22.3 Å². The van der Waals surface area contributed by atoms with Gasteiger partial charge in [-0.1, -0.05) is 74.8 Å². The second kappa shape index (κ2) is 30.8. The van der Waals surface area contributed by atoms with E-state index in [0.29, 0.717) is 42.6 Å². The van der Waals surface area contributed by atoms with E-state index in [0.717, 1.165) is 46.6 Å². The summed E-state index contributed by atoms with van der Waals surface area (Å²) >= 11 is 18.4. The van der Waals surface area contributed by atoms with Crippen LogP contribution in [0.2, 0.25) is 0 Å². The molecular formula is C48H51NO12S4. The first kappa shape index (κ1) is 54.9. The Hall–Kier alpha value is -6.24. The summed E-state index contributed by atoms with van der Waals surface area (Å²) in [5.74, 6) is 0.645. The zero-order valence-corrected chi connectivity index (χ0v) is 39.0. The molecule has 0 atom stereocenters. The van der Waals surface area contributed by atoms with E-state index in [1.165, 1.54) is 0 Å². The minimum Gasteiger partial charge on any atom is -0.490 e. The van der Waals surface area contributed by atoms with Gasteiger partial charge >= 0.3 is 23.9 Å². The van der Waals surface area contributed by atoms with Gasteiger partial charge in [0.25, 0.3) is 0 Å². The lowest BCUT2D eigenvalue weighted by Gasteiger charge is -2.11. The Kier molecular flexibility index (Phi) is 26.0. The monoisotopic (exact) mass is 961 g/mol. The lowest BCUT2D eigenvalue weighted by Crippen LogP contribution is -2.10. The van der Waals surface area contributed by atoms with E-state index in [9.17, 15) is 19.2 Å². The SMILES string of the molecule is C=CC(=O)OCCOc1ccc(/C(S)=C(/S)c2ccc(OCCOC(=O)C=C)cc2)cc1.C=CC(=O)OCCOc1ccc(/C(S)=C(/S)c2ccc(OCCOC(=O)C=C)cc2)cc1.N. The molecule has 65 heavy (non-hydrogen) atoms. The van der Waals surface area contributed by atoms with Crippen molar-refractivity contribution in [2.45, 2.75) is 0 Å². The molecule has 4 rings (SSSR count). The maximum absolute atomic E-state index is 11.0. The fourth-order valence-corrected chi connectivity index (χ4v) is 5.94. The first-order valence-electron chi connectivity index (χ1n) is 19.2. The third-order valence-electron chi connectivity index (χ3n) is 8.01. The van der Waals surface area contributed by atoms with Gasteiger partial charge in [0.15, 0.2) is 0 Å². The molecule has 0 amide bonds. The molecule has 0 saturated carbocycles. The maximum Gasteiger partial charge on any atom is 0.330 e. The van der Waals surface area contributed by atoms with Crippen LogP contribution in [0.3, 0.4) is 0 Å². The summed E-state index contributed by atoms with van der Waals surface area (Å²) in [5, 5.41) is 0. The van der Waals surface area contributed by atoms with Gasteiger partial charge in [0.2, 0.25) is 0 Å². The van der Waals surface area contributed by atoms with E-state index < -0.39 is 23.9 Å². The van der Waals surface area contributed by atoms with Crippen LogP contribution in [-0.4, -0.2) is 76.7 Å². The average Bonchev–Trinajstić information content (AvgIpc) is 3.34. The second-order valence-electron chi connectivity index (χ2n) is 12.4. The third kappa shape index (κ3) is 20.4. The Morgan fingerprint density at radius 1 is 0.338 bits per heavy atom. The van der Waals surface area contributed by atoms with Gasteiger partial charge in [-0.15, -0.1) is 50.5 Å². The fourth-order valence-electron chi connectivity index (χ4n) is 4.83. The molecule has 0 aliphatic heterocycles. The lowest BCUT2D eigenvalue weighted by atomic mass is 10.1. The molecule has 0 saturated heterocycles. The van der Waals surface area contributed by atoms with Crippen molar-refractivity contribution in [1.29, 1.82) is 0 Å². The molecule has 0 spiro atoms. The van der Waals surface area contributed by atoms with Gasteiger partial charge in [-0.3, -0.25) is 0 Å². The summed E-state index contributed by atoms with van der Waals surface area (Å²) in [5.41, 5.74) is 3.47. The van der Waals surface area contributed by atoms with Crippen molar-refractivity contribution in [2.75, 3.05) is 52.9 Å². The number of carbonyl (C=O) groups excluding carboxylic acids is 4. The smallest absolute Gasteiger partial charge is 0.330 e. The van der Waals surface area contributed by atoms with Crippen molar-refractivity contribution in [1.82, 2.24) is 6.15 Å². The minimum absolute atomic E-state index is 0. The predicted molar refractivity (Wildman–Crippen MR) is 267 cm³/mol. The number of carbonyl (C=O) groups is 4. The number of rotatable bonds is 24. The molecule has 3 N–H and O–H groups in total. The highest BCUT2D eigenvalue weighted by Crippen LogP contribution is 2.35. The molecule has 0 fully saturated rings. The van der Waals surface area contributed by atoms with Crippen molar-refractivity contribution >= 4 is 94.0 Å². The van der Waals surface area contributed by atoms with Gasteiger partial charge in [0, 0.05) is 43.9 Å². The Bertz CT molecular complexity index is 1940. The van der Waals surface area contributed by atoms with Crippen LogP contribution in [0.4, 0.5) is 0 Å². The van der Waals surface area contributed by atoms with E-state index in [-0.39, 0.29) is 59.0 Å². The van der Waals surface area contributed by atoms with Gasteiger partial charge in [0.05, 0.1) is 0 Å². The normalized spacial score (nSPS) is 10.9. The molecule has 0 heterocycles. The van der Waals surface area contributed by atoms with Crippen molar-refractivity contribution in [3.8, 4) is 23.0 Å². The number of benzene rings is 4. The number of ether oxygens (including phenoxy) is 8. The van der Waals surface area contributed by atoms with E-state index in [1.807, 2.05) is 48.5 Å². The number of hydrogen-bond donors (Lipinski definition) is 5. The first-order chi connectivity index (χ1) is 30.9. The highest BCUT2D eigenvalue weighted by atomic mass is 32.1. The number of hydrogen-bond acceptors (Lipinski definition) is 17. The summed E-state index contributed by atoms with van der Waals surface area (Å²) in [6.07, 6.45) is 4.42. The summed E-state index contributed by atoms with van der Waals surface area (Å²) < 4.78 is 41.6. The standard InChI is InChI=1S/2C24H24O6S2.H3N/c2*1-3-21(25)29-15-13-27-19-9-5-17(6-10-19)23(31)24(32)18-7-11-20(12-8-18)28-14-16-30-22(26)4-2;/h2*3-12,31-32H,1-2,13-16H2;1H3/b2*24-23-;. The third-order valence-corrected chi connectivity index (χ3v) is 10.3. The summed E-state index contributed by atoms with van der Waals surface area (Å²) in [4.78, 5) is 46.8. The number of esters is 4. The molecule has 0 bridgehead atoms. The highest BCUT2D eigenvalue weighted by Gasteiger charge is 2.09. The van der Waals surface area contributed by atoms with Gasteiger partial charge in [-0.2, -0.15) is 0 Å². The molecule has 0 unspecified atom stereocenters. The molecule has 0 aliphatic rings. The van der Waals surface area contributed by atoms with E-state index >= 15 is 0 Å². The molecule has 4 aromatic rings. The van der Waals surface area contributed by atoms with E-state index in [4.69, 9.17) is 37.9 Å². The Morgan fingerprint density at radius 3 is 0.662 bits per heavy atom. The lowest BCUT2D eigenvalue weighted by molar-refractivity contribution is -0.139. The van der Waals surface area contributed by atoms with Crippen molar-refractivity contribution in [3.05, 3.63) is 170 Å². The van der Waals surface area contributed by atoms with Gasteiger partial charge in [-0.05, 0) is 70.8 Å². The minimum atomic E-state index is -0.483. The molecule has 344 valence electrons. The largest absolute Gasteiger partial charge is 0.490 e. The topological polar surface area (TPSA) is 177 Å². The molecule has 17 heteroatoms. The molecular weight excluding hydrogens is 911 g/mol. The average molecular weight is 962 g/mol. The van der Waals surface area contributed by atoms with Crippen LogP contribution < -0.4 is 25.1 Å². The summed E-state index contributed by atoms with van der Waals surface area (Å²) in [6.45, 7) is 14.9. The quantitative estimate of drug-likeness (QED) is 0.0112. The van der Waals surface area contributed by atoms with Crippen LogP contribution in [0.25, 0.3) is 19.6 Å². The summed E-state index contributed by atoms with van der Waals surface area (Å²) in [7, 11) is 0. The molecule has 13 nitrogen and oxygen atoms in total. The van der Waals surface area contributed by atoms with Crippen LogP contribution >= 0.6 is 50.5 Å². The zero-order valence-electron chi connectivity index (χ0n) is 35.4. The Balaban J connectivity index is 0.000000440. The number of thiol groups is 4. The highest BCUT2D eigenvalue weighted by molar-refractivity contribution is 7.97. The zero-order chi connectivity index (χ0) is 46.7. The van der Waals surface area contributed by atoms with Crippen LogP contribution in [0.5, 0.6) is 23.0 Å². The Morgan fingerprint density at radius 2 is 0.508 bits per heavy atom. The Labute approximate surface area is 401 Å². The molecule has 0 aliphatic carbocycles. The fraction of sp³-hybridized carbons (Fsp3) is 0.167. The summed E-state index contributed by atoms with van der Waals surface area (Å²) in [6, 6.07) is 29.4. The van der Waals surface area contributed by atoms with Crippen LogP contribution in [0, 0.1) is 0 Å². The van der Waals surface area contributed by atoms with Gasteiger partial charge < -0.3 is 44.0 Å². The first-order valence-corrected chi connectivity index (χ1v) is 21.0. The van der Waals surface area contributed by atoms with Gasteiger partial charge in [0.1, 0.15) is 75.9 Å². The van der Waals surface area contributed by atoms with Crippen LogP contribution in [0.15, 0.2) is 148 Å². The molecule has 0 radical (unpaired) electrons.